The van der Waals surface area contributed by atoms with Crippen molar-refractivity contribution in [2.24, 2.45) is 0 Å². The van der Waals surface area contributed by atoms with E-state index >= 15 is 0 Å². The van der Waals surface area contributed by atoms with Gasteiger partial charge in [-0.05, 0) is 32.0 Å². The Morgan fingerprint density at radius 3 is 2.28 bits per heavy atom. The zero-order chi connectivity index (χ0) is 13.6. The summed E-state index contributed by atoms with van der Waals surface area (Å²) in [6.07, 6.45) is 6.15. The lowest BCUT2D eigenvalue weighted by molar-refractivity contribution is 0.213. The molecule has 0 saturated carbocycles. The van der Waals surface area contributed by atoms with E-state index in [2.05, 4.69) is 12.3 Å². The number of hydrogen-bond donors (Lipinski definition) is 0. The minimum Gasteiger partial charge on any atom is -0.397 e. The fourth-order valence-electron chi connectivity index (χ4n) is 1.87. The monoisotopic (exact) mass is 289 g/mol. The van der Waals surface area contributed by atoms with Gasteiger partial charge in [0.2, 0.25) is 0 Å². The van der Waals surface area contributed by atoms with E-state index in [0.717, 1.165) is 25.7 Å². The molecule has 0 N–H and O–H groups in total. The van der Waals surface area contributed by atoms with Crippen LogP contribution in [0.1, 0.15) is 52.9 Å². The zero-order valence-electron chi connectivity index (χ0n) is 12.0. The number of nitriles is 1. The van der Waals surface area contributed by atoms with Crippen molar-refractivity contribution in [2.75, 3.05) is 13.2 Å². The molecule has 0 aromatic carbocycles. The third-order valence-electron chi connectivity index (χ3n) is 2.76. The maximum Gasteiger partial charge on any atom is 0.322 e. The highest BCUT2D eigenvalue weighted by atomic mass is 32.2. The summed E-state index contributed by atoms with van der Waals surface area (Å²) in [5.41, 5.74) is 0. The molecule has 1 atom stereocenters. The molecule has 0 aliphatic heterocycles. The van der Waals surface area contributed by atoms with Gasteiger partial charge in [0.05, 0.1) is 0 Å². The van der Waals surface area contributed by atoms with Gasteiger partial charge in [-0.15, -0.1) is 0 Å². The third-order valence-corrected chi connectivity index (χ3v) is 6.33. The van der Waals surface area contributed by atoms with Crippen molar-refractivity contribution in [1.29, 1.82) is 5.26 Å². The minimum atomic E-state index is -1.55. The molecule has 3 nitrogen and oxygen atoms in total. The van der Waals surface area contributed by atoms with Crippen LogP contribution in [0.15, 0.2) is 0 Å². The molecule has 106 valence electrons. The molecule has 0 saturated heterocycles. The molecule has 0 spiro atoms. The number of thiocyanates is 1. The van der Waals surface area contributed by atoms with Gasteiger partial charge in [-0.1, -0.05) is 32.6 Å². The van der Waals surface area contributed by atoms with Gasteiger partial charge in [0.1, 0.15) is 5.40 Å². The summed E-state index contributed by atoms with van der Waals surface area (Å²) in [5, 5.41) is 11.5. The lowest BCUT2D eigenvalue weighted by atomic mass is 10.1. The highest BCUT2D eigenvalue weighted by Crippen LogP contribution is 2.23. The summed E-state index contributed by atoms with van der Waals surface area (Å²) in [4.78, 5) is 0. The molecule has 0 bridgehead atoms. The molecule has 0 amide bonds. The van der Waals surface area contributed by atoms with Crippen LogP contribution in [-0.4, -0.2) is 27.7 Å². The summed E-state index contributed by atoms with van der Waals surface area (Å²) in [6.45, 7) is 7.67. The summed E-state index contributed by atoms with van der Waals surface area (Å²) in [6, 6.07) is 0.950. The highest BCUT2D eigenvalue weighted by Gasteiger charge is 2.20. The molecule has 0 heterocycles. The van der Waals surface area contributed by atoms with E-state index in [1.54, 1.807) is 0 Å². The molecule has 1 unspecified atom stereocenters. The van der Waals surface area contributed by atoms with E-state index in [9.17, 15) is 0 Å². The van der Waals surface area contributed by atoms with E-state index in [4.69, 9.17) is 14.1 Å². The fourth-order valence-corrected chi connectivity index (χ4v) is 4.94. The first kappa shape index (κ1) is 18.0. The first-order chi connectivity index (χ1) is 8.78. The average molecular weight is 290 g/mol. The predicted molar refractivity (Wildman–Crippen MR) is 81.0 cm³/mol. The molecule has 0 radical (unpaired) electrons. The molecule has 0 fully saturated rings. The fraction of sp³-hybridized carbons (Fsp3) is 0.923. The smallest absolute Gasteiger partial charge is 0.322 e. The topological polar surface area (TPSA) is 42.2 Å². The van der Waals surface area contributed by atoms with Crippen molar-refractivity contribution >= 4 is 21.0 Å². The van der Waals surface area contributed by atoms with Gasteiger partial charge in [-0.25, -0.2) is 0 Å². The summed E-state index contributed by atoms with van der Waals surface area (Å²) in [5.74, 6) is 0. The standard InChI is InChI=1S/C13H27NO2SSi/c1-4-7-8-9-10-13(17-12-14)11-18(15-5-2)16-6-3/h13,18H,4-11H2,1-3H3. The summed E-state index contributed by atoms with van der Waals surface area (Å²) >= 11 is 1.39. The van der Waals surface area contributed by atoms with E-state index in [1.807, 2.05) is 13.8 Å². The Balaban J connectivity index is 4.01. The van der Waals surface area contributed by atoms with Crippen molar-refractivity contribution in [1.82, 2.24) is 0 Å². The number of rotatable bonds is 12. The van der Waals surface area contributed by atoms with E-state index in [1.165, 1.54) is 37.4 Å². The van der Waals surface area contributed by atoms with Crippen LogP contribution in [0, 0.1) is 10.7 Å². The Morgan fingerprint density at radius 1 is 1.11 bits per heavy atom. The Bertz CT molecular complexity index is 218. The normalized spacial score (nSPS) is 12.6. The lowest BCUT2D eigenvalue weighted by Crippen LogP contribution is -2.27. The number of thioether (sulfide) groups is 1. The van der Waals surface area contributed by atoms with Gasteiger partial charge in [-0.3, -0.25) is 0 Å². The Hall–Kier alpha value is -0.0231. The van der Waals surface area contributed by atoms with Gasteiger partial charge < -0.3 is 8.85 Å². The second kappa shape index (κ2) is 13.4. The van der Waals surface area contributed by atoms with E-state index < -0.39 is 9.28 Å². The number of nitrogens with zero attached hydrogens (tertiary/aromatic N) is 1. The molecule has 5 heteroatoms. The summed E-state index contributed by atoms with van der Waals surface area (Å²) in [7, 11) is -1.55. The second-order valence-electron chi connectivity index (χ2n) is 4.26. The van der Waals surface area contributed by atoms with Crippen LogP contribution >= 0.6 is 11.8 Å². The third kappa shape index (κ3) is 9.95. The van der Waals surface area contributed by atoms with Crippen LogP contribution in [-0.2, 0) is 8.85 Å². The van der Waals surface area contributed by atoms with Crippen molar-refractivity contribution < 1.29 is 8.85 Å². The van der Waals surface area contributed by atoms with Gasteiger partial charge in [0.25, 0.3) is 0 Å². The van der Waals surface area contributed by atoms with Crippen LogP contribution in [0.2, 0.25) is 6.04 Å². The van der Waals surface area contributed by atoms with Gasteiger partial charge >= 0.3 is 9.28 Å². The van der Waals surface area contributed by atoms with Crippen LogP contribution in [0.4, 0.5) is 0 Å². The molecule has 0 rings (SSSR count). The molecule has 0 aliphatic rings. The summed E-state index contributed by atoms with van der Waals surface area (Å²) < 4.78 is 11.4. The Kier molecular flexibility index (Phi) is 13.4. The minimum absolute atomic E-state index is 0.390. The van der Waals surface area contributed by atoms with Crippen LogP contribution in [0.5, 0.6) is 0 Å². The van der Waals surface area contributed by atoms with Gasteiger partial charge in [0, 0.05) is 24.5 Å². The molecule has 18 heavy (non-hydrogen) atoms. The van der Waals surface area contributed by atoms with E-state index in [0.29, 0.717) is 5.25 Å². The zero-order valence-corrected chi connectivity index (χ0v) is 14.0. The molecular weight excluding hydrogens is 262 g/mol. The molecule has 0 aromatic rings. The molecule has 0 aliphatic carbocycles. The quantitative estimate of drug-likeness (QED) is 0.311. The predicted octanol–water partition coefficient (Wildman–Crippen LogP) is 3.83. The van der Waals surface area contributed by atoms with Crippen molar-refractivity contribution in [3.8, 4) is 5.40 Å². The van der Waals surface area contributed by atoms with Crippen molar-refractivity contribution in [2.45, 2.75) is 64.2 Å². The Labute approximate surface area is 118 Å². The van der Waals surface area contributed by atoms with Gasteiger partial charge in [-0.2, -0.15) is 5.26 Å². The second-order valence-corrected chi connectivity index (χ2v) is 7.34. The number of unbranched alkanes of at least 4 members (excludes halogenated alkanes) is 3. The highest BCUT2D eigenvalue weighted by molar-refractivity contribution is 8.04. The molecular formula is C13H27NO2SSi. The first-order valence-electron chi connectivity index (χ1n) is 7.06. The molecule has 0 aromatic heterocycles. The van der Waals surface area contributed by atoms with E-state index in [-0.39, 0.29) is 0 Å². The van der Waals surface area contributed by atoms with Crippen LogP contribution in [0.3, 0.4) is 0 Å². The largest absolute Gasteiger partial charge is 0.397 e. The average Bonchev–Trinajstić information content (AvgIpc) is 2.35. The first-order valence-corrected chi connectivity index (χ1v) is 9.70. The van der Waals surface area contributed by atoms with Crippen molar-refractivity contribution in [3.05, 3.63) is 0 Å². The van der Waals surface area contributed by atoms with Crippen LogP contribution < -0.4 is 0 Å². The number of hydrogen-bond acceptors (Lipinski definition) is 4. The van der Waals surface area contributed by atoms with Gasteiger partial charge in [0.15, 0.2) is 0 Å². The van der Waals surface area contributed by atoms with Crippen LogP contribution in [0.25, 0.3) is 0 Å². The maximum absolute atomic E-state index is 8.86. The SMILES string of the molecule is CCCCCCC(C[SiH](OCC)OCC)SC#N. The van der Waals surface area contributed by atoms with Crippen molar-refractivity contribution in [3.63, 3.8) is 0 Å². The Morgan fingerprint density at radius 2 is 1.78 bits per heavy atom. The maximum atomic E-state index is 8.86. The lowest BCUT2D eigenvalue weighted by Gasteiger charge is -2.19.